The number of thioether (sulfide) groups is 1. The molecule has 2 aromatic carbocycles. The molecule has 0 saturated heterocycles. The van der Waals surface area contributed by atoms with Gasteiger partial charge in [-0.1, -0.05) is 54.2 Å². The smallest absolute Gasteiger partial charge is 0.316 e. The van der Waals surface area contributed by atoms with Gasteiger partial charge in [0.1, 0.15) is 0 Å². The van der Waals surface area contributed by atoms with Crippen LogP contribution in [0.3, 0.4) is 0 Å². The van der Waals surface area contributed by atoms with Crippen LogP contribution in [0.15, 0.2) is 53.1 Å². The van der Waals surface area contributed by atoms with Crippen LogP contribution in [0.4, 0.5) is 0 Å². The number of allylic oxidation sites excluding steroid dienone is 1. The minimum atomic E-state index is -0.371. The van der Waals surface area contributed by atoms with Gasteiger partial charge in [0.25, 0.3) is 0 Å². The summed E-state index contributed by atoms with van der Waals surface area (Å²) in [4.78, 5) is 23.9. The Bertz CT molecular complexity index is 925. The fraction of sp³-hybridized carbons (Fsp3) is 0.250. The second-order valence-electron chi connectivity index (χ2n) is 5.82. The van der Waals surface area contributed by atoms with Crippen molar-refractivity contribution in [2.45, 2.75) is 19.3 Å². The third-order valence-corrected chi connectivity index (χ3v) is 5.19. The van der Waals surface area contributed by atoms with E-state index in [-0.39, 0.29) is 30.0 Å². The van der Waals surface area contributed by atoms with E-state index in [0.717, 1.165) is 28.1 Å². The molecule has 6 heteroatoms. The highest BCUT2D eigenvalue weighted by molar-refractivity contribution is 8.03. The molecular weight excluding hydrogens is 348 g/mol. The molecule has 0 fully saturated rings. The number of nitrogens with zero attached hydrogens (tertiary/aromatic N) is 1. The molecule has 0 unspecified atom stereocenters. The third-order valence-electron chi connectivity index (χ3n) is 4.19. The average molecular weight is 366 g/mol. The van der Waals surface area contributed by atoms with E-state index in [4.69, 9.17) is 4.74 Å². The van der Waals surface area contributed by atoms with E-state index in [1.807, 2.05) is 42.5 Å². The maximum atomic E-state index is 12.2. The van der Waals surface area contributed by atoms with Gasteiger partial charge in [0.05, 0.1) is 29.0 Å². The summed E-state index contributed by atoms with van der Waals surface area (Å²) < 4.78 is 4.92. The molecule has 26 heavy (non-hydrogen) atoms. The summed E-state index contributed by atoms with van der Waals surface area (Å²) >= 11 is 1.14. The third kappa shape index (κ3) is 3.73. The lowest BCUT2D eigenvalue weighted by molar-refractivity contribution is -0.139. The number of benzene rings is 2. The maximum absolute atomic E-state index is 12.2. The molecule has 0 aliphatic carbocycles. The number of ether oxygens (including phenoxy) is 1. The quantitative estimate of drug-likeness (QED) is 0.820. The summed E-state index contributed by atoms with van der Waals surface area (Å²) in [6, 6.07) is 16.0. The summed E-state index contributed by atoms with van der Waals surface area (Å²) in [7, 11) is 0. The first kappa shape index (κ1) is 18.0. The average Bonchev–Trinajstić information content (AvgIpc) is 2.65. The number of hydrogen-bond acceptors (Lipinski definition) is 5. The Balaban J connectivity index is 1.99. The van der Waals surface area contributed by atoms with Crippen molar-refractivity contribution in [2.24, 2.45) is 0 Å². The van der Waals surface area contributed by atoms with E-state index in [9.17, 15) is 14.9 Å². The maximum Gasteiger partial charge on any atom is 0.316 e. The number of amides is 1. The van der Waals surface area contributed by atoms with E-state index in [1.165, 1.54) is 0 Å². The molecule has 0 bridgehead atoms. The number of esters is 1. The molecule has 1 aliphatic heterocycles. The molecule has 1 heterocycles. The monoisotopic (exact) mass is 366 g/mol. The van der Waals surface area contributed by atoms with Gasteiger partial charge in [0, 0.05) is 12.3 Å². The summed E-state index contributed by atoms with van der Waals surface area (Å²) in [5, 5.41) is 15.0. The Morgan fingerprint density at radius 1 is 1.31 bits per heavy atom. The number of hydrogen-bond donors (Lipinski definition) is 1. The molecule has 1 atom stereocenters. The van der Waals surface area contributed by atoms with Crippen molar-refractivity contribution >= 4 is 34.4 Å². The minimum absolute atomic E-state index is 0.0525. The lowest BCUT2D eigenvalue weighted by atomic mass is 9.84. The molecule has 0 spiro atoms. The minimum Gasteiger partial charge on any atom is -0.465 e. The molecule has 1 N–H and O–H groups in total. The number of carbonyl (C=O) groups is 2. The van der Waals surface area contributed by atoms with Gasteiger partial charge in [-0.25, -0.2) is 0 Å². The van der Waals surface area contributed by atoms with E-state index in [2.05, 4.69) is 11.4 Å². The van der Waals surface area contributed by atoms with Crippen molar-refractivity contribution in [3.63, 3.8) is 0 Å². The lowest BCUT2D eigenvalue weighted by Crippen LogP contribution is -2.31. The second-order valence-corrected chi connectivity index (χ2v) is 6.81. The van der Waals surface area contributed by atoms with Gasteiger partial charge < -0.3 is 10.1 Å². The molecule has 0 saturated carbocycles. The fourth-order valence-corrected chi connectivity index (χ4v) is 3.96. The predicted molar refractivity (Wildman–Crippen MR) is 101 cm³/mol. The molecule has 3 rings (SSSR count). The largest absolute Gasteiger partial charge is 0.465 e. The molecule has 2 aromatic rings. The number of carbonyl (C=O) groups excluding carboxylic acids is 2. The van der Waals surface area contributed by atoms with Crippen LogP contribution in [-0.2, 0) is 14.3 Å². The lowest BCUT2D eigenvalue weighted by Gasteiger charge is -2.26. The summed E-state index contributed by atoms with van der Waals surface area (Å²) in [6.07, 6.45) is 0.209. The van der Waals surface area contributed by atoms with Gasteiger partial charge >= 0.3 is 5.97 Å². The highest BCUT2D eigenvalue weighted by Gasteiger charge is 2.30. The Morgan fingerprint density at radius 3 is 2.85 bits per heavy atom. The van der Waals surface area contributed by atoms with Gasteiger partial charge in [-0.05, 0) is 23.3 Å². The Kier molecular flexibility index (Phi) is 5.59. The molecular formula is C20H18N2O3S. The van der Waals surface area contributed by atoms with Crippen LogP contribution in [0.25, 0.3) is 10.8 Å². The van der Waals surface area contributed by atoms with E-state index in [0.29, 0.717) is 17.2 Å². The zero-order valence-electron chi connectivity index (χ0n) is 14.3. The summed E-state index contributed by atoms with van der Waals surface area (Å²) in [5.41, 5.74) is 1.43. The van der Waals surface area contributed by atoms with Crippen molar-refractivity contribution < 1.29 is 14.3 Å². The SMILES string of the molecule is CCOC(=O)CSC1=C(C#N)[C@@H](c2cccc3ccccc23)CC(=O)N1. The first-order chi connectivity index (χ1) is 12.6. The number of nitriles is 1. The summed E-state index contributed by atoms with van der Waals surface area (Å²) in [6.45, 7) is 2.04. The molecule has 1 aliphatic rings. The number of fused-ring (bicyclic) bond motifs is 1. The second kappa shape index (κ2) is 8.07. The molecule has 132 valence electrons. The zero-order valence-corrected chi connectivity index (χ0v) is 15.1. The van der Waals surface area contributed by atoms with Crippen LogP contribution < -0.4 is 5.32 Å². The standard InChI is InChI=1S/C20H18N2O3S/c1-2-25-19(24)12-26-20-17(11-21)16(10-18(23)22-20)15-9-5-7-13-6-3-4-8-14(13)15/h3-9,16H,2,10,12H2,1H3,(H,22,23)/t16-/m1/s1. The Hall–Kier alpha value is -2.78. The zero-order chi connectivity index (χ0) is 18.5. The van der Waals surface area contributed by atoms with Crippen LogP contribution in [0.1, 0.15) is 24.8 Å². The normalized spacial score (nSPS) is 16.9. The van der Waals surface area contributed by atoms with Gasteiger partial charge in [-0.15, -0.1) is 0 Å². The van der Waals surface area contributed by atoms with Crippen LogP contribution in [0, 0.1) is 11.3 Å². The first-order valence-corrected chi connectivity index (χ1v) is 9.32. The molecule has 5 nitrogen and oxygen atoms in total. The van der Waals surface area contributed by atoms with E-state index in [1.54, 1.807) is 6.92 Å². The van der Waals surface area contributed by atoms with E-state index < -0.39 is 0 Å². The van der Waals surface area contributed by atoms with Gasteiger partial charge in [0.15, 0.2) is 0 Å². The Labute approximate surface area is 156 Å². The highest BCUT2D eigenvalue weighted by Crippen LogP contribution is 2.38. The number of nitrogens with one attached hydrogen (secondary N) is 1. The van der Waals surface area contributed by atoms with Crippen LogP contribution >= 0.6 is 11.8 Å². The van der Waals surface area contributed by atoms with Crippen molar-refractivity contribution in [3.05, 3.63) is 58.6 Å². The van der Waals surface area contributed by atoms with Crippen molar-refractivity contribution in [3.8, 4) is 6.07 Å². The first-order valence-electron chi connectivity index (χ1n) is 8.34. The molecule has 0 aromatic heterocycles. The van der Waals surface area contributed by atoms with Gasteiger partial charge in [-0.3, -0.25) is 9.59 Å². The predicted octanol–water partition coefficient (Wildman–Crippen LogP) is 3.47. The van der Waals surface area contributed by atoms with Crippen molar-refractivity contribution in [2.75, 3.05) is 12.4 Å². The molecule has 1 amide bonds. The molecule has 0 radical (unpaired) electrons. The van der Waals surface area contributed by atoms with Crippen LogP contribution in [0.2, 0.25) is 0 Å². The summed E-state index contributed by atoms with van der Waals surface area (Å²) in [5.74, 6) is -0.807. The topological polar surface area (TPSA) is 79.2 Å². The van der Waals surface area contributed by atoms with Gasteiger partial charge in [-0.2, -0.15) is 5.26 Å². The van der Waals surface area contributed by atoms with Crippen molar-refractivity contribution in [1.29, 1.82) is 5.26 Å². The van der Waals surface area contributed by atoms with Crippen molar-refractivity contribution in [1.82, 2.24) is 5.32 Å². The van der Waals surface area contributed by atoms with Crippen LogP contribution in [-0.4, -0.2) is 24.2 Å². The Morgan fingerprint density at radius 2 is 2.08 bits per heavy atom. The number of rotatable bonds is 5. The highest BCUT2D eigenvalue weighted by atomic mass is 32.2. The van der Waals surface area contributed by atoms with Crippen LogP contribution in [0.5, 0.6) is 0 Å². The fourth-order valence-electron chi connectivity index (χ4n) is 3.09. The van der Waals surface area contributed by atoms with E-state index >= 15 is 0 Å². The van der Waals surface area contributed by atoms with Gasteiger partial charge in [0.2, 0.25) is 5.91 Å².